The SMILES string of the molecule is O=C(N/N=C/c1ccccc1OCc1ccc(Cl)cc1)C(O)(c1ccccc1)c1ccccc1. The number of ether oxygens (including phenoxy) is 1. The van der Waals surface area contributed by atoms with Crippen LogP contribution >= 0.6 is 11.6 Å². The van der Waals surface area contributed by atoms with Gasteiger partial charge in [-0.3, -0.25) is 4.79 Å². The Bertz CT molecular complexity index is 1220. The molecule has 0 unspecified atom stereocenters. The van der Waals surface area contributed by atoms with Gasteiger partial charge in [0.05, 0.1) is 6.21 Å². The molecule has 0 aliphatic carbocycles. The van der Waals surface area contributed by atoms with Gasteiger partial charge >= 0.3 is 0 Å². The summed E-state index contributed by atoms with van der Waals surface area (Å²) in [6, 6.07) is 32.3. The molecule has 4 aromatic rings. The number of aliphatic hydroxyl groups is 1. The van der Waals surface area contributed by atoms with Crippen LogP contribution in [0.3, 0.4) is 0 Å². The fraction of sp³-hybridized carbons (Fsp3) is 0.0714. The number of hydrogen-bond donors (Lipinski definition) is 2. The smallest absolute Gasteiger partial charge is 0.281 e. The third kappa shape index (κ3) is 5.34. The number of nitrogens with one attached hydrogen (secondary N) is 1. The summed E-state index contributed by atoms with van der Waals surface area (Å²) in [5.41, 5.74) is 3.13. The molecule has 5 nitrogen and oxygen atoms in total. The average Bonchev–Trinajstić information content (AvgIpc) is 2.89. The summed E-state index contributed by atoms with van der Waals surface area (Å²) in [5, 5.41) is 16.3. The Morgan fingerprint density at radius 2 is 1.41 bits per heavy atom. The van der Waals surface area contributed by atoms with Crippen LogP contribution < -0.4 is 10.2 Å². The number of hydrogen-bond acceptors (Lipinski definition) is 4. The normalized spacial score (nSPS) is 11.4. The molecule has 0 aliphatic rings. The minimum absolute atomic E-state index is 0.357. The number of carbonyl (C=O) groups excluding carboxylic acids is 1. The molecule has 4 aromatic carbocycles. The third-order valence-corrected chi connectivity index (χ3v) is 5.56. The molecule has 0 radical (unpaired) electrons. The van der Waals surface area contributed by atoms with Gasteiger partial charge in [0.2, 0.25) is 0 Å². The van der Waals surface area contributed by atoms with E-state index in [1.54, 1.807) is 48.5 Å². The first-order valence-corrected chi connectivity index (χ1v) is 11.1. The lowest BCUT2D eigenvalue weighted by Gasteiger charge is -2.27. The molecule has 0 spiro atoms. The largest absolute Gasteiger partial charge is 0.488 e. The number of nitrogens with zero attached hydrogens (tertiary/aromatic N) is 1. The zero-order chi connectivity index (χ0) is 23.8. The summed E-state index contributed by atoms with van der Waals surface area (Å²) in [5.74, 6) is -0.0578. The molecule has 4 rings (SSSR count). The number of carbonyl (C=O) groups is 1. The number of amides is 1. The van der Waals surface area contributed by atoms with Crippen molar-refractivity contribution < 1.29 is 14.6 Å². The van der Waals surface area contributed by atoms with Crippen LogP contribution in [0.5, 0.6) is 5.75 Å². The number of benzene rings is 4. The molecule has 0 fully saturated rings. The van der Waals surface area contributed by atoms with Crippen molar-refractivity contribution in [3.05, 3.63) is 136 Å². The Hall–Kier alpha value is -3.93. The summed E-state index contributed by atoms with van der Waals surface area (Å²) >= 11 is 5.94. The minimum atomic E-state index is -1.90. The number of rotatable bonds is 8. The predicted octanol–water partition coefficient (Wildman–Crippen LogP) is 5.31. The molecule has 34 heavy (non-hydrogen) atoms. The lowest BCUT2D eigenvalue weighted by atomic mass is 9.85. The molecule has 2 N–H and O–H groups in total. The topological polar surface area (TPSA) is 70.9 Å². The second kappa shape index (κ2) is 10.8. The van der Waals surface area contributed by atoms with Crippen LogP contribution in [0.25, 0.3) is 0 Å². The van der Waals surface area contributed by atoms with Crippen molar-refractivity contribution in [1.29, 1.82) is 0 Å². The first-order valence-electron chi connectivity index (χ1n) is 10.7. The van der Waals surface area contributed by atoms with Gasteiger partial charge in [0.1, 0.15) is 12.4 Å². The first kappa shape index (κ1) is 23.2. The lowest BCUT2D eigenvalue weighted by molar-refractivity contribution is -0.136. The van der Waals surface area contributed by atoms with Gasteiger partial charge in [-0.05, 0) is 41.0 Å². The standard InChI is InChI=1S/C28H23ClN2O3/c29-25-17-15-21(16-18-25)20-34-26-14-8-7-9-22(26)19-30-31-27(32)28(33,23-10-3-1-4-11-23)24-12-5-2-6-13-24/h1-19,33H,20H2,(H,31,32)/b30-19+. The molecule has 0 saturated carbocycles. The molecule has 0 bridgehead atoms. The van der Waals surface area contributed by atoms with E-state index in [2.05, 4.69) is 10.5 Å². The van der Waals surface area contributed by atoms with E-state index in [0.717, 1.165) is 5.56 Å². The minimum Gasteiger partial charge on any atom is -0.488 e. The lowest BCUT2D eigenvalue weighted by Crippen LogP contribution is -2.43. The zero-order valence-electron chi connectivity index (χ0n) is 18.3. The van der Waals surface area contributed by atoms with Crippen LogP contribution in [0.1, 0.15) is 22.3 Å². The Morgan fingerprint density at radius 3 is 2.03 bits per heavy atom. The maximum Gasteiger partial charge on any atom is 0.281 e. The van der Waals surface area contributed by atoms with Gasteiger partial charge in [-0.1, -0.05) is 96.5 Å². The molecule has 0 saturated heterocycles. The molecule has 0 aliphatic heterocycles. The van der Waals surface area contributed by atoms with Gasteiger partial charge in [0.15, 0.2) is 5.60 Å². The van der Waals surface area contributed by atoms with Gasteiger partial charge < -0.3 is 9.84 Å². The van der Waals surface area contributed by atoms with Crippen molar-refractivity contribution in [3.8, 4) is 5.75 Å². The fourth-order valence-electron chi connectivity index (χ4n) is 3.49. The Labute approximate surface area is 203 Å². The number of para-hydroxylation sites is 1. The zero-order valence-corrected chi connectivity index (χ0v) is 19.0. The summed E-state index contributed by atoms with van der Waals surface area (Å²) in [6.07, 6.45) is 1.49. The van der Waals surface area contributed by atoms with Gasteiger partial charge in [0, 0.05) is 10.6 Å². The Morgan fingerprint density at radius 1 is 0.853 bits per heavy atom. The van der Waals surface area contributed by atoms with Gasteiger partial charge in [-0.2, -0.15) is 5.10 Å². The molecular weight excluding hydrogens is 448 g/mol. The maximum atomic E-state index is 13.2. The highest BCUT2D eigenvalue weighted by molar-refractivity contribution is 6.30. The van der Waals surface area contributed by atoms with E-state index < -0.39 is 11.5 Å². The van der Waals surface area contributed by atoms with Crippen molar-refractivity contribution in [2.45, 2.75) is 12.2 Å². The molecule has 6 heteroatoms. The first-order chi connectivity index (χ1) is 16.6. The van der Waals surface area contributed by atoms with E-state index in [1.165, 1.54) is 6.21 Å². The molecule has 1 amide bonds. The van der Waals surface area contributed by atoms with Crippen LogP contribution in [-0.4, -0.2) is 17.2 Å². The molecule has 0 atom stereocenters. The van der Waals surface area contributed by atoms with Crippen LogP contribution in [0.2, 0.25) is 5.02 Å². The highest BCUT2D eigenvalue weighted by Crippen LogP contribution is 2.30. The van der Waals surface area contributed by atoms with Crippen molar-refractivity contribution in [1.82, 2.24) is 5.43 Å². The second-order valence-corrected chi connectivity index (χ2v) is 8.03. The number of halogens is 1. The van der Waals surface area contributed by atoms with E-state index in [0.29, 0.717) is 34.1 Å². The van der Waals surface area contributed by atoms with Crippen LogP contribution in [0.15, 0.2) is 114 Å². The number of hydrazone groups is 1. The van der Waals surface area contributed by atoms with E-state index in [9.17, 15) is 9.90 Å². The van der Waals surface area contributed by atoms with Gasteiger partial charge in [-0.25, -0.2) is 5.43 Å². The van der Waals surface area contributed by atoms with Crippen LogP contribution in [0, 0.1) is 0 Å². The summed E-state index contributed by atoms with van der Waals surface area (Å²) in [4.78, 5) is 13.2. The highest BCUT2D eigenvalue weighted by Gasteiger charge is 2.39. The summed E-state index contributed by atoms with van der Waals surface area (Å²) in [6.45, 7) is 0.357. The third-order valence-electron chi connectivity index (χ3n) is 5.31. The Kier molecular flexibility index (Phi) is 7.38. The monoisotopic (exact) mass is 470 g/mol. The van der Waals surface area contributed by atoms with Gasteiger partial charge in [-0.15, -0.1) is 0 Å². The van der Waals surface area contributed by atoms with E-state index in [1.807, 2.05) is 60.7 Å². The van der Waals surface area contributed by atoms with Crippen molar-refractivity contribution >= 4 is 23.7 Å². The quantitative estimate of drug-likeness (QED) is 0.271. The summed E-state index contributed by atoms with van der Waals surface area (Å²) in [7, 11) is 0. The van der Waals surface area contributed by atoms with E-state index >= 15 is 0 Å². The maximum absolute atomic E-state index is 13.2. The fourth-order valence-corrected chi connectivity index (χ4v) is 3.62. The average molecular weight is 471 g/mol. The van der Waals surface area contributed by atoms with E-state index in [-0.39, 0.29) is 0 Å². The van der Waals surface area contributed by atoms with Crippen LogP contribution in [-0.2, 0) is 17.0 Å². The van der Waals surface area contributed by atoms with Crippen molar-refractivity contribution in [2.24, 2.45) is 5.10 Å². The molecule has 170 valence electrons. The predicted molar refractivity (Wildman–Crippen MR) is 134 cm³/mol. The highest BCUT2D eigenvalue weighted by atomic mass is 35.5. The van der Waals surface area contributed by atoms with Crippen molar-refractivity contribution in [2.75, 3.05) is 0 Å². The Balaban J connectivity index is 1.51. The van der Waals surface area contributed by atoms with E-state index in [4.69, 9.17) is 16.3 Å². The molecule has 0 aromatic heterocycles. The van der Waals surface area contributed by atoms with Crippen LogP contribution in [0.4, 0.5) is 0 Å². The molecule has 0 heterocycles. The second-order valence-electron chi connectivity index (χ2n) is 7.59. The molecular formula is C28H23ClN2O3. The summed E-state index contributed by atoms with van der Waals surface area (Å²) < 4.78 is 5.93. The van der Waals surface area contributed by atoms with Crippen molar-refractivity contribution in [3.63, 3.8) is 0 Å². The van der Waals surface area contributed by atoms with Gasteiger partial charge in [0.25, 0.3) is 5.91 Å².